The Kier molecular flexibility index (Phi) is 5.93. The lowest BCUT2D eigenvalue weighted by atomic mass is 10.1. The predicted octanol–water partition coefficient (Wildman–Crippen LogP) is 3.94. The summed E-state index contributed by atoms with van der Waals surface area (Å²) in [5, 5.41) is 3.25. The van der Waals surface area contributed by atoms with E-state index in [2.05, 4.69) is 5.32 Å². The molecule has 0 spiro atoms. The zero-order chi connectivity index (χ0) is 23.7. The molecule has 0 aliphatic heterocycles. The average Bonchev–Trinajstić information content (AvgIpc) is 2.82. The number of carbonyl (C=O) groups is 1. The largest absolute Gasteiger partial charge is 0.496 e. The molecule has 1 amide bonds. The number of methoxy groups -OCH3 is 1. The second kappa shape index (κ2) is 8.84. The van der Waals surface area contributed by atoms with Crippen molar-refractivity contribution in [1.82, 2.24) is 9.13 Å². The molecule has 0 unspecified atom stereocenters. The molecule has 8 nitrogen and oxygen atoms in total. The number of hydrogen-bond donors (Lipinski definition) is 1. The minimum atomic E-state index is -0.682. The van der Waals surface area contributed by atoms with Crippen molar-refractivity contribution in [2.24, 2.45) is 14.1 Å². The monoisotopic (exact) mass is 465 g/mol. The summed E-state index contributed by atoms with van der Waals surface area (Å²) in [5.41, 5.74) is 0.136. The van der Waals surface area contributed by atoms with Gasteiger partial charge in [0.05, 0.1) is 29.4 Å². The van der Waals surface area contributed by atoms with Gasteiger partial charge in [-0.1, -0.05) is 29.8 Å². The normalized spacial score (nSPS) is 10.8. The maximum absolute atomic E-state index is 13.1. The second-order valence-electron chi connectivity index (χ2n) is 7.28. The Balaban J connectivity index is 1.88. The van der Waals surface area contributed by atoms with Gasteiger partial charge in [-0.15, -0.1) is 0 Å². The topological polar surface area (TPSA) is 91.6 Å². The van der Waals surface area contributed by atoms with Crippen molar-refractivity contribution in [3.05, 3.63) is 92.0 Å². The van der Waals surface area contributed by atoms with E-state index in [-0.39, 0.29) is 5.56 Å². The summed E-state index contributed by atoms with van der Waals surface area (Å²) < 4.78 is 13.8. The molecule has 0 fully saturated rings. The van der Waals surface area contributed by atoms with Crippen molar-refractivity contribution in [2.75, 3.05) is 12.4 Å². The highest BCUT2D eigenvalue weighted by Crippen LogP contribution is 2.34. The van der Waals surface area contributed by atoms with E-state index in [9.17, 15) is 14.4 Å². The van der Waals surface area contributed by atoms with Crippen LogP contribution in [0.15, 0.2) is 70.3 Å². The number of anilines is 1. The molecule has 0 aliphatic rings. The van der Waals surface area contributed by atoms with Gasteiger partial charge in [0.1, 0.15) is 11.5 Å². The van der Waals surface area contributed by atoms with Crippen LogP contribution in [0.4, 0.5) is 5.69 Å². The molecule has 0 radical (unpaired) electrons. The number of carbonyl (C=O) groups excluding carboxylic acids is 1. The molecule has 1 N–H and O–H groups in total. The molecular formula is C24H20ClN3O5. The third-order valence-electron chi connectivity index (χ3n) is 5.22. The fraction of sp³-hybridized carbons (Fsp3) is 0.125. The maximum atomic E-state index is 13.1. The zero-order valence-electron chi connectivity index (χ0n) is 18.1. The molecule has 168 valence electrons. The molecule has 4 rings (SSSR count). The van der Waals surface area contributed by atoms with E-state index in [1.165, 1.54) is 36.4 Å². The first-order valence-electron chi connectivity index (χ1n) is 9.91. The minimum Gasteiger partial charge on any atom is -0.496 e. The van der Waals surface area contributed by atoms with E-state index in [4.69, 9.17) is 21.1 Å². The molecule has 0 bridgehead atoms. The lowest BCUT2D eigenvalue weighted by Gasteiger charge is -2.17. The Morgan fingerprint density at radius 3 is 2.15 bits per heavy atom. The van der Waals surface area contributed by atoms with Crippen LogP contribution in [-0.4, -0.2) is 22.2 Å². The highest BCUT2D eigenvalue weighted by Gasteiger charge is 2.19. The van der Waals surface area contributed by atoms with Gasteiger partial charge in [0, 0.05) is 25.2 Å². The number of amides is 1. The Labute approximate surface area is 193 Å². The third-order valence-corrected chi connectivity index (χ3v) is 5.45. The van der Waals surface area contributed by atoms with Gasteiger partial charge >= 0.3 is 11.1 Å². The van der Waals surface area contributed by atoms with Crippen LogP contribution < -0.4 is 25.9 Å². The quantitative estimate of drug-likeness (QED) is 0.451. The SMILES string of the molecule is COc1cc(Cl)ccc1C(=O)Nc1cc2c(cc1Oc1ccccc1)n(C)c(=O)c(=O)n2C. The Morgan fingerprint density at radius 2 is 1.52 bits per heavy atom. The second-order valence-corrected chi connectivity index (χ2v) is 7.72. The Bertz CT molecular complexity index is 1490. The fourth-order valence-corrected chi connectivity index (χ4v) is 3.60. The number of aryl methyl sites for hydroxylation is 2. The standard InChI is InChI=1S/C24H20ClN3O5/c1-27-18-12-17(26-22(29)16-10-9-14(25)11-20(16)32-3)21(33-15-7-5-4-6-8-15)13-19(18)28(2)24(31)23(27)30/h4-13H,1-3H3,(H,26,29). The first-order chi connectivity index (χ1) is 15.8. The number of nitrogens with zero attached hydrogens (tertiary/aromatic N) is 2. The Morgan fingerprint density at radius 1 is 0.879 bits per heavy atom. The molecule has 33 heavy (non-hydrogen) atoms. The van der Waals surface area contributed by atoms with Crippen LogP contribution in [-0.2, 0) is 14.1 Å². The fourth-order valence-electron chi connectivity index (χ4n) is 3.44. The van der Waals surface area contributed by atoms with E-state index in [0.717, 1.165) is 0 Å². The molecule has 0 atom stereocenters. The molecule has 0 aliphatic carbocycles. The number of nitrogens with one attached hydrogen (secondary N) is 1. The number of para-hydroxylation sites is 1. The van der Waals surface area contributed by atoms with Crippen molar-refractivity contribution >= 4 is 34.2 Å². The number of ether oxygens (including phenoxy) is 2. The smallest absolute Gasteiger partial charge is 0.316 e. The van der Waals surface area contributed by atoms with Crippen LogP contribution in [0.1, 0.15) is 10.4 Å². The first kappa shape index (κ1) is 22.2. The molecule has 9 heteroatoms. The third kappa shape index (κ3) is 4.20. The van der Waals surface area contributed by atoms with E-state index in [1.807, 2.05) is 18.2 Å². The number of rotatable bonds is 5. The van der Waals surface area contributed by atoms with Gasteiger partial charge in [0.2, 0.25) is 0 Å². The first-order valence-corrected chi connectivity index (χ1v) is 10.3. The molecule has 0 saturated carbocycles. The van der Waals surface area contributed by atoms with Crippen LogP contribution >= 0.6 is 11.6 Å². The maximum Gasteiger partial charge on any atom is 0.316 e. The van der Waals surface area contributed by atoms with Crippen molar-refractivity contribution in [3.63, 3.8) is 0 Å². The lowest BCUT2D eigenvalue weighted by Crippen LogP contribution is -2.39. The summed E-state index contributed by atoms with van der Waals surface area (Å²) in [6, 6.07) is 16.9. The number of aromatic nitrogens is 2. The Hall–Kier alpha value is -4.04. The van der Waals surface area contributed by atoms with Crippen molar-refractivity contribution in [1.29, 1.82) is 0 Å². The zero-order valence-corrected chi connectivity index (χ0v) is 18.8. The minimum absolute atomic E-state index is 0.266. The van der Waals surface area contributed by atoms with Crippen molar-refractivity contribution in [2.45, 2.75) is 0 Å². The van der Waals surface area contributed by atoms with E-state index in [0.29, 0.717) is 39.0 Å². The summed E-state index contributed by atoms with van der Waals surface area (Å²) in [4.78, 5) is 37.8. The molecule has 1 aromatic heterocycles. The van der Waals surface area contributed by atoms with Gasteiger partial charge in [-0.25, -0.2) is 0 Å². The number of hydrogen-bond acceptors (Lipinski definition) is 5. The van der Waals surface area contributed by atoms with Crippen LogP contribution in [0.2, 0.25) is 5.02 Å². The summed E-state index contributed by atoms with van der Waals surface area (Å²) >= 11 is 6.01. The van der Waals surface area contributed by atoms with Gasteiger partial charge in [-0.3, -0.25) is 14.4 Å². The molecule has 1 heterocycles. The van der Waals surface area contributed by atoms with E-state index >= 15 is 0 Å². The summed E-state index contributed by atoms with van der Waals surface area (Å²) in [5.74, 6) is 0.673. The molecular weight excluding hydrogens is 446 g/mol. The van der Waals surface area contributed by atoms with Crippen molar-refractivity contribution < 1.29 is 14.3 Å². The van der Waals surface area contributed by atoms with Crippen LogP contribution in [0.25, 0.3) is 11.0 Å². The summed E-state index contributed by atoms with van der Waals surface area (Å²) in [7, 11) is 4.45. The molecule has 0 saturated heterocycles. The van der Waals surface area contributed by atoms with Crippen molar-refractivity contribution in [3.8, 4) is 17.2 Å². The van der Waals surface area contributed by atoms with Crippen LogP contribution in [0.5, 0.6) is 17.2 Å². The summed E-state index contributed by atoms with van der Waals surface area (Å²) in [6.45, 7) is 0. The number of benzene rings is 3. The van der Waals surface area contributed by atoms with E-state index in [1.54, 1.807) is 36.4 Å². The van der Waals surface area contributed by atoms with E-state index < -0.39 is 17.0 Å². The number of fused-ring (bicyclic) bond motifs is 1. The van der Waals surface area contributed by atoms with Crippen LogP contribution in [0, 0.1) is 0 Å². The predicted molar refractivity (Wildman–Crippen MR) is 127 cm³/mol. The molecule has 3 aromatic carbocycles. The van der Waals surface area contributed by atoms with Gasteiger partial charge in [-0.05, 0) is 36.4 Å². The van der Waals surface area contributed by atoms with Gasteiger partial charge in [0.15, 0.2) is 5.75 Å². The number of halogens is 1. The van der Waals surface area contributed by atoms with Gasteiger partial charge in [0.25, 0.3) is 5.91 Å². The van der Waals surface area contributed by atoms with Crippen LogP contribution in [0.3, 0.4) is 0 Å². The summed E-state index contributed by atoms with van der Waals surface area (Å²) in [6.07, 6.45) is 0. The lowest BCUT2D eigenvalue weighted by molar-refractivity contribution is 0.102. The average molecular weight is 466 g/mol. The highest BCUT2D eigenvalue weighted by atomic mass is 35.5. The van der Waals surface area contributed by atoms with Gasteiger partial charge < -0.3 is 23.9 Å². The molecule has 4 aromatic rings. The highest BCUT2D eigenvalue weighted by molar-refractivity contribution is 6.31. The van der Waals surface area contributed by atoms with Gasteiger partial charge in [-0.2, -0.15) is 0 Å².